The molecule has 136 valence electrons. The van der Waals surface area contributed by atoms with Crippen LogP contribution in [0.5, 0.6) is 11.5 Å². The number of nitrogens with zero attached hydrogens (tertiary/aromatic N) is 1. The average molecular weight is 352 g/mol. The van der Waals surface area contributed by atoms with Gasteiger partial charge in [0, 0.05) is 6.07 Å². The Bertz CT molecular complexity index is 662. The second-order valence-electron chi connectivity index (χ2n) is 5.09. The van der Waals surface area contributed by atoms with Crippen molar-refractivity contribution in [2.75, 3.05) is 38.8 Å². The number of hydrogen-bond donors (Lipinski definition) is 1. The molecular formula is C16H20N2O7. The summed E-state index contributed by atoms with van der Waals surface area (Å²) in [5, 5.41) is 2.38. The summed E-state index contributed by atoms with van der Waals surface area (Å²) in [7, 11) is 3.02. The van der Waals surface area contributed by atoms with E-state index in [4.69, 9.17) is 14.2 Å². The number of anilines is 1. The molecule has 1 saturated heterocycles. The fourth-order valence-electron chi connectivity index (χ4n) is 2.31. The maximum absolute atomic E-state index is 12.0. The molecule has 0 saturated carbocycles. The summed E-state index contributed by atoms with van der Waals surface area (Å²) in [6, 6.07) is 5.03. The van der Waals surface area contributed by atoms with E-state index in [1.165, 1.54) is 19.1 Å². The number of cyclic esters (lactones) is 1. The molecular weight excluding hydrogens is 332 g/mol. The lowest BCUT2D eigenvalue weighted by molar-refractivity contribution is -0.154. The van der Waals surface area contributed by atoms with Gasteiger partial charge in [-0.1, -0.05) is 0 Å². The summed E-state index contributed by atoms with van der Waals surface area (Å²) in [6.07, 6.45) is -1.14. The van der Waals surface area contributed by atoms with E-state index in [1.807, 2.05) is 0 Å². The number of amides is 2. The smallest absolute Gasteiger partial charge is 0.414 e. The van der Waals surface area contributed by atoms with Gasteiger partial charge in [-0.25, -0.2) is 9.59 Å². The Hall–Kier alpha value is -2.97. The van der Waals surface area contributed by atoms with Gasteiger partial charge in [-0.3, -0.25) is 9.69 Å². The average Bonchev–Trinajstić information content (AvgIpc) is 2.99. The first-order chi connectivity index (χ1) is 12.0. The first kappa shape index (κ1) is 18.4. The van der Waals surface area contributed by atoms with E-state index in [9.17, 15) is 14.4 Å². The Kier molecular flexibility index (Phi) is 6.04. The van der Waals surface area contributed by atoms with Crippen LogP contribution in [0.2, 0.25) is 0 Å². The molecule has 1 aliphatic heterocycles. The van der Waals surface area contributed by atoms with Crippen molar-refractivity contribution in [3.05, 3.63) is 18.2 Å². The summed E-state index contributed by atoms with van der Waals surface area (Å²) >= 11 is 0. The molecule has 1 unspecified atom stereocenters. The van der Waals surface area contributed by atoms with Gasteiger partial charge in [-0.05, 0) is 19.1 Å². The molecule has 9 nitrogen and oxygen atoms in total. The first-order valence-electron chi connectivity index (χ1n) is 7.65. The van der Waals surface area contributed by atoms with Gasteiger partial charge in [0.15, 0.2) is 11.5 Å². The monoisotopic (exact) mass is 352 g/mol. The molecule has 0 spiro atoms. The highest BCUT2D eigenvalue weighted by Crippen LogP contribution is 2.33. The lowest BCUT2D eigenvalue weighted by atomic mass is 10.2. The molecule has 9 heteroatoms. The Morgan fingerprint density at radius 3 is 2.64 bits per heavy atom. The first-order valence-corrected chi connectivity index (χ1v) is 7.65. The minimum atomic E-state index is -0.969. The molecule has 1 aromatic carbocycles. The molecule has 2 rings (SSSR count). The van der Waals surface area contributed by atoms with Gasteiger partial charge in [-0.2, -0.15) is 0 Å². The quantitative estimate of drug-likeness (QED) is 0.594. The van der Waals surface area contributed by atoms with Gasteiger partial charge < -0.3 is 24.3 Å². The molecule has 2 amide bonds. The second-order valence-corrected chi connectivity index (χ2v) is 5.09. The number of carbonyl (C=O) groups excluding carboxylic acids is 3. The molecule has 1 aliphatic rings. The third kappa shape index (κ3) is 4.31. The van der Waals surface area contributed by atoms with Crippen LogP contribution in [0.3, 0.4) is 0 Å². The number of nitrogens with one attached hydrogen (secondary N) is 1. The zero-order valence-corrected chi connectivity index (χ0v) is 14.2. The summed E-state index contributed by atoms with van der Waals surface area (Å²) in [5.41, 5.74) is 0.571. The Labute approximate surface area is 144 Å². The Morgan fingerprint density at radius 1 is 1.28 bits per heavy atom. The molecule has 0 radical (unpaired) electrons. The van der Waals surface area contributed by atoms with E-state index < -0.39 is 24.1 Å². The van der Waals surface area contributed by atoms with E-state index in [-0.39, 0.29) is 19.7 Å². The topological polar surface area (TPSA) is 103 Å². The van der Waals surface area contributed by atoms with Gasteiger partial charge in [0.2, 0.25) is 0 Å². The van der Waals surface area contributed by atoms with Crippen molar-refractivity contribution in [2.45, 2.75) is 13.0 Å². The third-order valence-electron chi connectivity index (χ3n) is 3.50. The lowest BCUT2D eigenvalue weighted by Gasteiger charge is -2.15. The van der Waals surface area contributed by atoms with E-state index in [0.717, 1.165) is 0 Å². The number of benzene rings is 1. The molecule has 1 heterocycles. The number of ether oxygens (including phenoxy) is 4. The van der Waals surface area contributed by atoms with E-state index in [2.05, 4.69) is 10.1 Å². The van der Waals surface area contributed by atoms with Crippen molar-refractivity contribution in [1.82, 2.24) is 5.32 Å². The Morgan fingerprint density at radius 2 is 2.00 bits per heavy atom. The van der Waals surface area contributed by atoms with Crippen LogP contribution in [0.15, 0.2) is 18.2 Å². The van der Waals surface area contributed by atoms with Crippen LogP contribution in [0.1, 0.15) is 6.92 Å². The third-order valence-corrected chi connectivity index (χ3v) is 3.50. The van der Waals surface area contributed by atoms with Crippen LogP contribution >= 0.6 is 0 Å². The van der Waals surface area contributed by atoms with Crippen molar-refractivity contribution in [1.29, 1.82) is 0 Å². The SMILES string of the molecule is CCOC(=O)C(=O)NCC1CN(c2ccc(OC)c(OC)c2)C(=O)O1. The molecule has 1 N–H and O–H groups in total. The Balaban J connectivity index is 1.98. The normalized spacial score (nSPS) is 16.2. The standard InChI is InChI=1S/C16H20N2O7/c1-4-24-15(20)14(19)17-8-11-9-18(16(21)25-11)10-5-6-12(22-2)13(7-10)23-3/h5-7,11H,4,8-9H2,1-3H3,(H,17,19). The highest BCUT2D eigenvalue weighted by Gasteiger charge is 2.33. The van der Waals surface area contributed by atoms with Crippen LogP contribution in [0.25, 0.3) is 0 Å². The largest absolute Gasteiger partial charge is 0.493 e. The molecule has 1 atom stereocenters. The molecule has 0 aliphatic carbocycles. The predicted octanol–water partition coefficient (Wildman–Crippen LogP) is 0.708. The summed E-state index contributed by atoms with van der Waals surface area (Å²) < 4.78 is 20.2. The number of rotatable bonds is 6. The zero-order valence-electron chi connectivity index (χ0n) is 14.2. The fourth-order valence-corrected chi connectivity index (χ4v) is 2.31. The minimum absolute atomic E-state index is 0.00712. The van der Waals surface area contributed by atoms with Crippen LogP contribution in [0.4, 0.5) is 10.5 Å². The van der Waals surface area contributed by atoms with Gasteiger partial charge >= 0.3 is 18.0 Å². The van der Waals surface area contributed by atoms with Crippen molar-refractivity contribution < 1.29 is 33.3 Å². The minimum Gasteiger partial charge on any atom is -0.493 e. The lowest BCUT2D eigenvalue weighted by Crippen LogP contribution is -2.39. The van der Waals surface area contributed by atoms with Crippen LogP contribution < -0.4 is 19.7 Å². The van der Waals surface area contributed by atoms with Gasteiger partial charge in [0.1, 0.15) is 6.10 Å². The number of carbonyl (C=O) groups is 3. The van der Waals surface area contributed by atoms with Crippen LogP contribution in [-0.2, 0) is 19.1 Å². The van der Waals surface area contributed by atoms with Crippen molar-refractivity contribution in [3.8, 4) is 11.5 Å². The van der Waals surface area contributed by atoms with E-state index in [1.54, 1.807) is 25.1 Å². The fraction of sp³-hybridized carbons (Fsp3) is 0.438. The maximum Gasteiger partial charge on any atom is 0.414 e. The number of hydrogen-bond acceptors (Lipinski definition) is 7. The predicted molar refractivity (Wildman–Crippen MR) is 86.8 cm³/mol. The van der Waals surface area contributed by atoms with Crippen LogP contribution in [0, 0.1) is 0 Å². The summed E-state index contributed by atoms with van der Waals surface area (Å²) in [5.74, 6) is -0.824. The van der Waals surface area contributed by atoms with Crippen molar-refractivity contribution >= 4 is 23.7 Å². The number of methoxy groups -OCH3 is 2. The van der Waals surface area contributed by atoms with Crippen LogP contribution in [-0.4, -0.2) is 58.0 Å². The van der Waals surface area contributed by atoms with E-state index in [0.29, 0.717) is 17.2 Å². The number of esters is 1. The molecule has 1 fully saturated rings. The zero-order chi connectivity index (χ0) is 18.4. The highest BCUT2D eigenvalue weighted by atomic mass is 16.6. The maximum atomic E-state index is 12.0. The van der Waals surface area contributed by atoms with Gasteiger partial charge in [-0.15, -0.1) is 0 Å². The molecule has 1 aromatic rings. The van der Waals surface area contributed by atoms with Crippen molar-refractivity contribution in [2.24, 2.45) is 0 Å². The van der Waals surface area contributed by atoms with E-state index >= 15 is 0 Å². The summed E-state index contributed by atoms with van der Waals surface area (Å²) in [4.78, 5) is 36.2. The summed E-state index contributed by atoms with van der Waals surface area (Å²) in [6.45, 7) is 1.94. The molecule has 0 aromatic heterocycles. The van der Waals surface area contributed by atoms with Crippen molar-refractivity contribution in [3.63, 3.8) is 0 Å². The van der Waals surface area contributed by atoms with Gasteiger partial charge in [0.25, 0.3) is 0 Å². The molecule has 0 bridgehead atoms. The van der Waals surface area contributed by atoms with Gasteiger partial charge in [0.05, 0.1) is 39.6 Å². The highest BCUT2D eigenvalue weighted by molar-refractivity contribution is 6.32. The second kappa shape index (κ2) is 8.22. The molecule has 25 heavy (non-hydrogen) atoms.